The van der Waals surface area contributed by atoms with Crippen LogP contribution in [0.2, 0.25) is 0 Å². The summed E-state index contributed by atoms with van der Waals surface area (Å²) in [6.45, 7) is 0. The Balaban J connectivity index is 0.859. The van der Waals surface area contributed by atoms with E-state index in [1.165, 1.54) is 63.8 Å². The maximum absolute atomic E-state index is 2.38. The van der Waals surface area contributed by atoms with Crippen molar-refractivity contribution in [3.8, 4) is 55.6 Å². The predicted molar refractivity (Wildman–Crippen MR) is 295 cm³/mol. The summed E-state index contributed by atoms with van der Waals surface area (Å²) < 4.78 is 2.93. The molecule has 0 saturated carbocycles. The van der Waals surface area contributed by atoms with Gasteiger partial charge in [0.25, 0.3) is 0 Å². The predicted octanol–water partition coefficient (Wildman–Crippen LogP) is 18.3. The van der Waals surface area contributed by atoms with Gasteiger partial charge in [-0.25, -0.2) is 0 Å². The van der Waals surface area contributed by atoms with Crippen molar-refractivity contribution in [2.75, 3.05) is 9.80 Å². The third-order valence-corrected chi connectivity index (χ3v) is 15.5. The minimum Gasteiger partial charge on any atom is -0.0617 e. The van der Waals surface area contributed by atoms with Crippen molar-refractivity contribution in [1.82, 2.24) is 0 Å². The summed E-state index contributed by atoms with van der Waals surface area (Å²) in [6, 6.07) is 101. The number of rotatable bonds is 11. The summed E-state index contributed by atoms with van der Waals surface area (Å²) in [6.07, 6.45) is 0. The number of hydrogen-bond acceptors (Lipinski definition) is 2. The van der Waals surface area contributed by atoms with Crippen LogP contribution in [0.15, 0.2) is 279 Å². The summed E-state index contributed by atoms with van der Waals surface area (Å²) in [5, 5.41) is 2.76. The molecule has 1 aromatic heterocycles. The van der Waals surface area contributed by atoms with Crippen molar-refractivity contribution in [3.05, 3.63) is 279 Å². The third kappa shape index (κ3) is 8.58. The first-order valence-electron chi connectivity index (χ1n) is 23.5. The van der Waals surface area contributed by atoms with E-state index in [-0.39, 0.29) is 0 Å². The van der Waals surface area contributed by atoms with Crippen LogP contribution in [0.25, 0.3) is 74.9 Å². The first-order valence-corrected chi connectivity index (χ1v) is 25.2. The molecule has 0 aliphatic rings. The molecule has 0 aliphatic heterocycles. The van der Waals surface area contributed by atoms with Crippen molar-refractivity contribution in [2.45, 2.75) is 0 Å². The zero-order chi connectivity index (χ0) is 45.9. The van der Waals surface area contributed by atoms with Crippen molar-refractivity contribution < 1.29 is 0 Å². The SMILES string of the molecule is c1ccc(-c2ccc(N(c3ccc(-c4ccccc4)cc3)c3ccc(-c4ccc(N(c5ccc(-c6ccccc6)cc5)c5ccc(-c6ccc7[se]c8ccccc8c7c6)cc5)cc4)cc3)cc2)cc1. The molecule has 0 saturated heterocycles. The van der Waals surface area contributed by atoms with Gasteiger partial charge >= 0.3 is 182 Å². The van der Waals surface area contributed by atoms with E-state index in [4.69, 9.17) is 0 Å². The summed E-state index contributed by atoms with van der Waals surface area (Å²) in [7, 11) is 0. The molecule has 0 amide bonds. The minimum absolute atomic E-state index is 0.359. The number of hydrogen-bond donors (Lipinski definition) is 0. The van der Waals surface area contributed by atoms with Gasteiger partial charge in [0, 0.05) is 17.1 Å². The van der Waals surface area contributed by atoms with Gasteiger partial charge in [-0.05, 0) is 80.9 Å². The Morgan fingerprint density at radius 3 is 0.768 bits per heavy atom. The summed E-state index contributed by atoms with van der Waals surface area (Å²) >= 11 is 0.359. The van der Waals surface area contributed by atoms with Crippen LogP contribution < -0.4 is 9.80 Å². The molecular weight excluding hydrogens is 900 g/mol. The van der Waals surface area contributed by atoms with E-state index in [2.05, 4.69) is 289 Å². The van der Waals surface area contributed by atoms with Crippen LogP contribution in [0.3, 0.4) is 0 Å². The molecule has 0 bridgehead atoms. The van der Waals surface area contributed by atoms with Gasteiger partial charge in [0.05, 0.1) is 0 Å². The van der Waals surface area contributed by atoms with E-state index >= 15 is 0 Å². The summed E-state index contributed by atoms with van der Waals surface area (Å²) in [5.74, 6) is 0. The summed E-state index contributed by atoms with van der Waals surface area (Å²) in [5.41, 5.74) is 18.6. The molecule has 326 valence electrons. The van der Waals surface area contributed by atoms with E-state index in [9.17, 15) is 0 Å². The normalized spacial score (nSPS) is 11.2. The number of anilines is 6. The molecule has 12 aromatic rings. The molecule has 11 aromatic carbocycles. The molecular formula is C66H46N2Se. The van der Waals surface area contributed by atoms with Crippen LogP contribution in [-0.4, -0.2) is 14.5 Å². The van der Waals surface area contributed by atoms with Gasteiger partial charge in [0.15, 0.2) is 0 Å². The smallest absolute Gasteiger partial charge is 0.0617 e. The average Bonchev–Trinajstić information content (AvgIpc) is 3.81. The fourth-order valence-corrected chi connectivity index (χ4v) is 11.8. The topological polar surface area (TPSA) is 6.48 Å². The van der Waals surface area contributed by atoms with Crippen LogP contribution in [0.5, 0.6) is 0 Å². The summed E-state index contributed by atoms with van der Waals surface area (Å²) in [4.78, 5) is 4.70. The van der Waals surface area contributed by atoms with E-state index in [1.807, 2.05) is 0 Å². The van der Waals surface area contributed by atoms with Crippen LogP contribution >= 0.6 is 0 Å². The molecule has 0 fully saturated rings. The van der Waals surface area contributed by atoms with E-state index in [0.717, 1.165) is 45.3 Å². The number of nitrogens with zero attached hydrogens (tertiary/aromatic N) is 2. The van der Waals surface area contributed by atoms with Gasteiger partial charge in [-0.1, -0.05) is 127 Å². The van der Waals surface area contributed by atoms with Crippen LogP contribution in [0.1, 0.15) is 0 Å². The second-order valence-electron chi connectivity index (χ2n) is 17.4. The Hall–Kier alpha value is -8.46. The van der Waals surface area contributed by atoms with E-state index in [0.29, 0.717) is 14.5 Å². The monoisotopic (exact) mass is 946 g/mol. The molecule has 0 unspecified atom stereocenters. The molecule has 0 radical (unpaired) electrons. The Kier molecular flexibility index (Phi) is 11.3. The van der Waals surface area contributed by atoms with Crippen molar-refractivity contribution in [1.29, 1.82) is 0 Å². The Bertz CT molecular complexity index is 3560. The molecule has 69 heavy (non-hydrogen) atoms. The second-order valence-corrected chi connectivity index (χ2v) is 19.6. The van der Waals surface area contributed by atoms with Crippen LogP contribution in [0.4, 0.5) is 34.1 Å². The van der Waals surface area contributed by atoms with E-state index in [1.54, 1.807) is 0 Å². The molecule has 0 atom stereocenters. The fourth-order valence-electron chi connectivity index (χ4n) is 9.51. The van der Waals surface area contributed by atoms with Crippen LogP contribution in [0, 0.1) is 0 Å². The molecule has 12 rings (SSSR count). The fraction of sp³-hybridized carbons (Fsp3) is 0. The van der Waals surface area contributed by atoms with Crippen molar-refractivity contribution >= 4 is 67.9 Å². The van der Waals surface area contributed by atoms with Gasteiger partial charge in [-0.3, -0.25) is 0 Å². The second kappa shape index (κ2) is 18.7. The molecule has 3 heteroatoms. The van der Waals surface area contributed by atoms with Gasteiger partial charge in [-0.2, -0.15) is 0 Å². The van der Waals surface area contributed by atoms with Crippen molar-refractivity contribution in [2.24, 2.45) is 0 Å². The Morgan fingerprint density at radius 1 is 0.188 bits per heavy atom. The van der Waals surface area contributed by atoms with Crippen molar-refractivity contribution in [3.63, 3.8) is 0 Å². The zero-order valence-corrected chi connectivity index (χ0v) is 39.6. The molecule has 0 aliphatic carbocycles. The Labute approximate surface area is 410 Å². The Morgan fingerprint density at radius 2 is 0.435 bits per heavy atom. The number of benzene rings is 11. The molecule has 1 heterocycles. The molecule has 0 N–H and O–H groups in total. The van der Waals surface area contributed by atoms with Gasteiger partial charge < -0.3 is 4.90 Å². The van der Waals surface area contributed by atoms with Gasteiger partial charge in [0.2, 0.25) is 0 Å². The third-order valence-electron chi connectivity index (χ3n) is 13.1. The first-order chi connectivity index (χ1) is 34.2. The average molecular weight is 946 g/mol. The number of fused-ring (bicyclic) bond motifs is 3. The molecule has 2 nitrogen and oxygen atoms in total. The quantitative estimate of drug-likeness (QED) is 0.119. The van der Waals surface area contributed by atoms with Gasteiger partial charge in [-0.15, -0.1) is 0 Å². The molecule has 0 spiro atoms. The minimum atomic E-state index is 0.359. The van der Waals surface area contributed by atoms with E-state index < -0.39 is 0 Å². The standard InChI is InChI=1S/C66H46N2Se/c1-4-12-47(13-5-1)50-20-33-57(34-21-50)67(58-35-22-51(23-36-58)48-14-6-2-7-15-48)60-39-26-53(27-40-60)54-28-41-61(42-29-54)68(59-37-24-52(25-38-59)49-16-8-3-9-17-49)62-43-30-55(31-44-62)56-32-45-66-64(46-56)63-18-10-11-19-65(63)69-66/h1-46H. The first kappa shape index (κ1) is 41.9. The zero-order valence-electron chi connectivity index (χ0n) is 37.9. The van der Waals surface area contributed by atoms with Crippen LogP contribution in [-0.2, 0) is 0 Å². The van der Waals surface area contributed by atoms with Gasteiger partial charge in [0.1, 0.15) is 0 Å². The maximum atomic E-state index is 2.38.